The van der Waals surface area contributed by atoms with Crippen molar-refractivity contribution in [2.45, 2.75) is 12.5 Å². The van der Waals surface area contributed by atoms with E-state index in [0.717, 1.165) is 11.3 Å². The van der Waals surface area contributed by atoms with Gasteiger partial charge in [-0.3, -0.25) is 9.88 Å². The highest BCUT2D eigenvalue weighted by atomic mass is 16.4. The molecule has 1 aromatic heterocycles. The first-order chi connectivity index (χ1) is 10.2. The number of oxime groups is 1. The molecule has 5 nitrogen and oxygen atoms in total. The normalized spacial score (nSPS) is 13.3. The Morgan fingerprint density at radius 1 is 1.24 bits per heavy atom. The smallest absolute Gasteiger partial charge is 0.147 e. The SMILES string of the molecule is CN(Cc1ccccn1)CC(C(N)=NO)c1ccccc1. The first kappa shape index (κ1) is 15.0. The summed E-state index contributed by atoms with van der Waals surface area (Å²) in [6.07, 6.45) is 1.78. The molecular weight excluding hydrogens is 264 g/mol. The molecule has 0 saturated carbocycles. The number of benzene rings is 1. The van der Waals surface area contributed by atoms with E-state index in [-0.39, 0.29) is 11.8 Å². The maximum absolute atomic E-state index is 9.00. The molecule has 1 aromatic carbocycles. The third-order valence-electron chi connectivity index (χ3n) is 3.33. The molecule has 21 heavy (non-hydrogen) atoms. The number of hydrogen-bond acceptors (Lipinski definition) is 4. The van der Waals surface area contributed by atoms with E-state index in [1.54, 1.807) is 6.20 Å². The van der Waals surface area contributed by atoms with E-state index < -0.39 is 0 Å². The maximum Gasteiger partial charge on any atom is 0.147 e. The lowest BCUT2D eigenvalue weighted by molar-refractivity contribution is 0.300. The Labute approximate surface area is 124 Å². The van der Waals surface area contributed by atoms with Crippen LogP contribution in [0.25, 0.3) is 0 Å². The molecule has 0 fully saturated rings. The molecule has 2 aromatic rings. The topological polar surface area (TPSA) is 74.7 Å². The molecule has 1 atom stereocenters. The van der Waals surface area contributed by atoms with Crippen LogP contribution in [0.3, 0.4) is 0 Å². The number of nitrogens with zero attached hydrogens (tertiary/aromatic N) is 3. The highest BCUT2D eigenvalue weighted by molar-refractivity contribution is 5.87. The summed E-state index contributed by atoms with van der Waals surface area (Å²) >= 11 is 0. The van der Waals surface area contributed by atoms with Gasteiger partial charge in [0.15, 0.2) is 0 Å². The molecule has 0 radical (unpaired) electrons. The average molecular weight is 284 g/mol. The standard InChI is InChI=1S/C16H20N4O/c1-20(11-14-9-5-6-10-18-14)12-15(16(17)19-21)13-7-3-2-4-8-13/h2-10,15,21H,11-12H2,1H3,(H2,17,19). The van der Waals surface area contributed by atoms with E-state index in [4.69, 9.17) is 10.9 Å². The summed E-state index contributed by atoms with van der Waals surface area (Å²) in [7, 11) is 2.00. The Hall–Kier alpha value is -2.40. The summed E-state index contributed by atoms with van der Waals surface area (Å²) < 4.78 is 0. The van der Waals surface area contributed by atoms with Gasteiger partial charge in [0.2, 0.25) is 0 Å². The van der Waals surface area contributed by atoms with Crippen LogP contribution in [-0.2, 0) is 6.54 Å². The molecule has 110 valence electrons. The Morgan fingerprint density at radius 3 is 2.57 bits per heavy atom. The van der Waals surface area contributed by atoms with Gasteiger partial charge in [-0.1, -0.05) is 41.6 Å². The zero-order chi connectivity index (χ0) is 15.1. The summed E-state index contributed by atoms with van der Waals surface area (Å²) in [5.41, 5.74) is 7.87. The monoisotopic (exact) mass is 284 g/mol. The van der Waals surface area contributed by atoms with Gasteiger partial charge in [0.25, 0.3) is 0 Å². The lowest BCUT2D eigenvalue weighted by atomic mass is 9.97. The minimum Gasteiger partial charge on any atom is -0.409 e. The van der Waals surface area contributed by atoms with Crippen LogP contribution in [0, 0.1) is 0 Å². The lowest BCUT2D eigenvalue weighted by Gasteiger charge is -2.23. The van der Waals surface area contributed by atoms with Crippen LogP contribution >= 0.6 is 0 Å². The minimum absolute atomic E-state index is 0.148. The van der Waals surface area contributed by atoms with E-state index in [9.17, 15) is 0 Å². The van der Waals surface area contributed by atoms with Crippen LogP contribution < -0.4 is 5.73 Å². The van der Waals surface area contributed by atoms with Gasteiger partial charge in [0.05, 0.1) is 11.6 Å². The van der Waals surface area contributed by atoms with Gasteiger partial charge in [0, 0.05) is 19.3 Å². The zero-order valence-corrected chi connectivity index (χ0v) is 12.1. The number of nitrogens with two attached hydrogens (primary N) is 1. The highest BCUT2D eigenvalue weighted by Gasteiger charge is 2.18. The molecule has 5 heteroatoms. The van der Waals surface area contributed by atoms with Crippen molar-refractivity contribution in [1.29, 1.82) is 0 Å². The van der Waals surface area contributed by atoms with Gasteiger partial charge in [-0.2, -0.15) is 0 Å². The van der Waals surface area contributed by atoms with Crippen LogP contribution in [0.2, 0.25) is 0 Å². The zero-order valence-electron chi connectivity index (χ0n) is 12.1. The fourth-order valence-corrected chi connectivity index (χ4v) is 2.27. The summed E-state index contributed by atoms with van der Waals surface area (Å²) in [5, 5.41) is 12.2. The molecule has 0 aliphatic rings. The van der Waals surface area contributed by atoms with Gasteiger partial charge in [-0.05, 0) is 24.7 Å². The second-order valence-corrected chi connectivity index (χ2v) is 5.01. The maximum atomic E-state index is 9.00. The van der Waals surface area contributed by atoms with Crippen molar-refractivity contribution in [3.63, 3.8) is 0 Å². The van der Waals surface area contributed by atoms with E-state index >= 15 is 0 Å². The van der Waals surface area contributed by atoms with E-state index in [1.165, 1.54) is 0 Å². The molecule has 1 unspecified atom stereocenters. The van der Waals surface area contributed by atoms with E-state index in [2.05, 4.69) is 15.0 Å². The summed E-state index contributed by atoms with van der Waals surface area (Å²) in [4.78, 5) is 6.42. The molecular formula is C16H20N4O. The Bertz CT molecular complexity index is 571. The van der Waals surface area contributed by atoms with Gasteiger partial charge in [-0.25, -0.2) is 0 Å². The van der Waals surface area contributed by atoms with Gasteiger partial charge in [-0.15, -0.1) is 0 Å². The number of likely N-dealkylation sites (N-methyl/N-ethyl adjacent to an activating group) is 1. The molecule has 0 saturated heterocycles. The number of amidine groups is 1. The second kappa shape index (κ2) is 7.40. The Kier molecular flexibility index (Phi) is 5.29. The third kappa shape index (κ3) is 4.29. The van der Waals surface area contributed by atoms with Crippen molar-refractivity contribution in [1.82, 2.24) is 9.88 Å². The first-order valence-corrected chi connectivity index (χ1v) is 6.81. The first-order valence-electron chi connectivity index (χ1n) is 6.81. The van der Waals surface area contributed by atoms with Crippen molar-refractivity contribution >= 4 is 5.84 Å². The van der Waals surface area contributed by atoms with Crippen molar-refractivity contribution in [2.75, 3.05) is 13.6 Å². The van der Waals surface area contributed by atoms with Crippen LogP contribution in [0.1, 0.15) is 17.2 Å². The molecule has 0 bridgehead atoms. The van der Waals surface area contributed by atoms with Crippen molar-refractivity contribution in [3.05, 3.63) is 66.0 Å². The number of rotatable bonds is 6. The second-order valence-electron chi connectivity index (χ2n) is 5.01. The van der Waals surface area contributed by atoms with E-state index in [0.29, 0.717) is 13.1 Å². The third-order valence-corrected chi connectivity index (χ3v) is 3.33. The van der Waals surface area contributed by atoms with Crippen LogP contribution in [0.4, 0.5) is 0 Å². The Morgan fingerprint density at radius 2 is 1.95 bits per heavy atom. The van der Waals surface area contributed by atoms with Crippen molar-refractivity contribution in [3.8, 4) is 0 Å². The largest absolute Gasteiger partial charge is 0.409 e. The van der Waals surface area contributed by atoms with Crippen LogP contribution in [-0.4, -0.2) is 34.5 Å². The van der Waals surface area contributed by atoms with Gasteiger partial charge in [0.1, 0.15) is 5.84 Å². The molecule has 0 spiro atoms. The Balaban J connectivity index is 2.09. The summed E-state index contributed by atoms with van der Waals surface area (Å²) in [6, 6.07) is 15.7. The van der Waals surface area contributed by atoms with E-state index in [1.807, 2.05) is 55.6 Å². The molecule has 2 rings (SSSR count). The van der Waals surface area contributed by atoms with Crippen LogP contribution in [0.5, 0.6) is 0 Å². The minimum atomic E-state index is -0.148. The molecule has 0 aliphatic carbocycles. The fraction of sp³-hybridized carbons (Fsp3) is 0.250. The van der Waals surface area contributed by atoms with Crippen molar-refractivity contribution < 1.29 is 5.21 Å². The molecule has 1 heterocycles. The fourth-order valence-electron chi connectivity index (χ4n) is 2.27. The summed E-state index contributed by atoms with van der Waals surface area (Å²) in [6.45, 7) is 1.36. The van der Waals surface area contributed by atoms with Gasteiger partial charge >= 0.3 is 0 Å². The quantitative estimate of drug-likeness (QED) is 0.368. The van der Waals surface area contributed by atoms with Crippen molar-refractivity contribution in [2.24, 2.45) is 10.9 Å². The lowest BCUT2D eigenvalue weighted by Crippen LogP contribution is -2.32. The van der Waals surface area contributed by atoms with Crippen LogP contribution in [0.15, 0.2) is 59.9 Å². The molecule has 0 aliphatic heterocycles. The predicted molar refractivity (Wildman–Crippen MR) is 83.2 cm³/mol. The highest BCUT2D eigenvalue weighted by Crippen LogP contribution is 2.17. The molecule has 3 N–H and O–H groups in total. The average Bonchev–Trinajstić information content (AvgIpc) is 2.53. The summed E-state index contributed by atoms with van der Waals surface area (Å²) in [5.74, 6) is 0.0685. The predicted octanol–water partition coefficient (Wildman–Crippen LogP) is 2.04. The number of pyridine rings is 1. The number of aromatic nitrogens is 1. The number of hydrogen-bond donors (Lipinski definition) is 2. The molecule has 0 amide bonds. The van der Waals surface area contributed by atoms with Gasteiger partial charge < -0.3 is 10.9 Å².